The maximum atomic E-state index is 13.2. The number of aromatic nitrogens is 1. The average molecular weight is 484 g/mol. The molecule has 1 amide bonds. The van der Waals surface area contributed by atoms with Gasteiger partial charge in [0.05, 0.1) is 29.7 Å². The summed E-state index contributed by atoms with van der Waals surface area (Å²) in [5, 5.41) is 3.46. The molecule has 1 aromatic heterocycles. The Morgan fingerprint density at radius 2 is 2.03 bits per heavy atom. The zero-order valence-corrected chi connectivity index (χ0v) is 19.9. The van der Waals surface area contributed by atoms with Gasteiger partial charge in [0.15, 0.2) is 5.75 Å². The first-order chi connectivity index (χ1) is 16.3. The molecule has 2 aliphatic heterocycles. The van der Waals surface area contributed by atoms with Crippen LogP contribution in [-0.2, 0) is 16.9 Å². The molecule has 3 heterocycles. The maximum absolute atomic E-state index is 13.2. The van der Waals surface area contributed by atoms with Gasteiger partial charge in [-0.2, -0.15) is 0 Å². The van der Waals surface area contributed by atoms with E-state index < -0.39 is 5.60 Å². The Bertz CT molecular complexity index is 1210. The van der Waals surface area contributed by atoms with Crippen LogP contribution in [0.15, 0.2) is 54.7 Å². The minimum atomic E-state index is -0.591. The van der Waals surface area contributed by atoms with Crippen LogP contribution in [0.3, 0.4) is 0 Å². The topological polar surface area (TPSA) is 55.7 Å². The highest BCUT2D eigenvalue weighted by molar-refractivity contribution is 6.31. The van der Waals surface area contributed by atoms with Crippen molar-refractivity contribution in [3.05, 3.63) is 82.4 Å². The number of carbonyl (C=O) groups excluding carboxylic acids is 1. The SMILES string of the molecule is CC1(C)Oc2c(C(=O)NCC3CN(Cc4ccc(F)cc4)CCO3)cc(Cl)cc2-n2cccc21. The molecule has 1 fully saturated rings. The normalized spacial score (nSPS) is 19.1. The number of hydrogen-bond donors (Lipinski definition) is 1. The van der Waals surface area contributed by atoms with E-state index in [0.717, 1.165) is 23.5 Å². The summed E-state index contributed by atoms with van der Waals surface area (Å²) < 4.78 is 27.4. The van der Waals surface area contributed by atoms with Gasteiger partial charge in [0.1, 0.15) is 11.4 Å². The highest BCUT2D eigenvalue weighted by Gasteiger charge is 2.35. The lowest BCUT2D eigenvalue weighted by Gasteiger charge is -2.35. The van der Waals surface area contributed by atoms with Crippen LogP contribution in [-0.4, -0.2) is 47.7 Å². The Morgan fingerprint density at radius 1 is 1.24 bits per heavy atom. The molecular formula is C26H27ClFN3O3. The minimum Gasteiger partial charge on any atom is -0.479 e. The van der Waals surface area contributed by atoms with E-state index in [1.54, 1.807) is 18.2 Å². The lowest BCUT2D eigenvalue weighted by atomic mass is 10.0. The van der Waals surface area contributed by atoms with Gasteiger partial charge in [-0.15, -0.1) is 0 Å². The zero-order valence-electron chi connectivity index (χ0n) is 19.2. The average Bonchev–Trinajstić information content (AvgIpc) is 3.31. The first kappa shape index (κ1) is 22.9. The lowest BCUT2D eigenvalue weighted by Crippen LogP contribution is -2.47. The molecule has 0 aliphatic carbocycles. The number of hydrogen-bond acceptors (Lipinski definition) is 4. The van der Waals surface area contributed by atoms with Crippen LogP contribution >= 0.6 is 11.6 Å². The fourth-order valence-corrected chi connectivity index (χ4v) is 4.83. The molecule has 1 unspecified atom stereocenters. The number of rotatable bonds is 5. The number of halogens is 2. The Hall–Kier alpha value is -2.87. The second-order valence-corrected chi connectivity index (χ2v) is 9.68. The largest absolute Gasteiger partial charge is 0.479 e. The smallest absolute Gasteiger partial charge is 0.255 e. The molecule has 1 saturated heterocycles. The van der Waals surface area contributed by atoms with Crippen molar-refractivity contribution in [1.82, 2.24) is 14.8 Å². The molecule has 2 aliphatic rings. The van der Waals surface area contributed by atoms with Gasteiger partial charge in [0.2, 0.25) is 0 Å². The molecule has 178 valence electrons. The van der Waals surface area contributed by atoms with E-state index >= 15 is 0 Å². The van der Waals surface area contributed by atoms with Gasteiger partial charge in [-0.25, -0.2) is 4.39 Å². The van der Waals surface area contributed by atoms with Crippen molar-refractivity contribution in [2.45, 2.75) is 32.1 Å². The summed E-state index contributed by atoms with van der Waals surface area (Å²) in [5.74, 6) is 0.0115. The first-order valence-electron chi connectivity index (χ1n) is 11.4. The third-order valence-corrected chi connectivity index (χ3v) is 6.51. The highest BCUT2D eigenvalue weighted by atomic mass is 35.5. The van der Waals surface area contributed by atoms with E-state index in [1.807, 2.05) is 42.8 Å². The molecular weight excluding hydrogens is 457 g/mol. The quantitative estimate of drug-likeness (QED) is 0.579. The number of benzene rings is 2. The van der Waals surface area contributed by atoms with Gasteiger partial charge in [0, 0.05) is 37.4 Å². The van der Waals surface area contributed by atoms with Gasteiger partial charge in [-0.3, -0.25) is 9.69 Å². The van der Waals surface area contributed by atoms with Crippen molar-refractivity contribution in [2.75, 3.05) is 26.2 Å². The van der Waals surface area contributed by atoms with E-state index in [0.29, 0.717) is 42.6 Å². The third-order valence-electron chi connectivity index (χ3n) is 6.29. The Morgan fingerprint density at radius 3 is 2.82 bits per heavy atom. The maximum Gasteiger partial charge on any atom is 0.255 e. The monoisotopic (exact) mass is 483 g/mol. The fourth-order valence-electron chi connectivity index (χ4n) is 4.62. The number of nitrogens with zero attached hydrogens (tertiary/aromatic N) is 2. The van der Waals surface area contributed by atoms with Crippen molar-refractivity contribution >= 4 is 17.5 Å². The lowest BCUT2D eigenvalue weighted by molar-refractivity contribution is -0.0293. The standard InChI is InChI=1S/C26H27ClFN3O3/c1-26(2)23-4-3-9-31(23)22-13-18(27)12-21(24(22)34-26)25(32)29-14-20-16-30(10-11-33-20)15-17-5-7-19(28)8-6-17/h3-9,12-13,20H,10-11,14-16H2,1-2H3,(H,29,32). The van der Waals surface area contributed by atoms with Gasteiger partial charge < -0.3 is 19.4 Å². The van der Waals surface area contributed by atoms with E-state index in [4.69, 9.17) is 21.1 Å². The van der Waals surface area contributed by atoms with Gasteiger partial charge in [-0.05, 0) is 55.8 Å². The summed E-state index contributed by atoms with van der Waals surface area (Å²) in [6, 6.07) is 13.9. The van der Waals surface area contributed by atoms with Gasteiger partial charge >= 0.3 is 0 Å². The van der Waals surface area contributed by atoms with Crippen LogP contribution in [0.2, 0.25) is 5.02 Å². The Balaban J connectivity index is 1.28. The molecule has 5 rings (SSSR count). The molecule has 2 aromatic carbocycles. The number of fused-ring (bicyclic) bond motifs is 3. The summed E-state index contributed by atoms with van der Waals surface area (Å²) in [6.45, 7) is 7.04. The molecule has 1 N–H and O–H groups in total. The van der Waals surface area contributed by atoms with Crippen molar-refractivity contribution in [3.63, 3.8) is 0 Å². The summed E-state index contributed by atoms with van der Waals surface area (Å²) >= 11 is 6.38. The van der Waals surface area contributed by atoms with Crippen LogP contribution in [0.1, 0.15) is 35.5 Å². The number of carbonyl (C=O) groups is 1. The second-order valence-electron chi connectivity index (χ2n) is 9.24. The second kappa shape index (κ2) is 9.06. The molecule has 6 nitrogen and oxygen atoms in total. The van der Waals surface area contributed by atoms with E-state index in [-0.39, 0.29) is 17.8 Å². The highest BCUT2D eigenvalue weighted by Crippen LogP contribution is 2.42. The third kappa shape index (κ3) is 4.56. The van der Waals surface area contributed by atoms with Crippen molar-refractivity contribution in [2.24, 2.45) is 0 Å². The first-order valence-corrected chi connectivity index (χ1v) is 11.8. The number of amides is 1. The molecule has 0 bridgehead atoms. The summed E-state index contributed by atoms with van der Waals surface area (Å²) in [4.78, 5) is 15.5. The minimum absolute atomic E-state index is 0.151. The van der Waals surface area contributed by atoms with Crippen molar-refractivity contribution < 1.29 is 18.7 Å². The Kier molecular flexibility index (Phi) is 6.10. The van der Waals surface area contributed by atoms with Crippen molar-refractivity contribution in [3.8, 4) is 11.4 Å². The molecule has 0 spiro atoms. The number of morpholine rings is 1. The van der Waals surface area contributed by atoms with Crippen LogP contribution < -0.4 is 10.1 Å². The van der Waals surface area contributed by atoms with E-state index in [2.05, 4.69) is 10.2 Å². The summed E-state index contributed by atoms with van der Waals surface area (Å²) in [5.41, 5.74) is 2.59. The molecule has 3 aromatic rings. The predicted octanol–water partition coefficient (Wildman–Crippen LogP) is 4.53. The zero-order chi connectivity index (χ0) is 23.9. The molecule has 0 radical (unpaired) electrons. The Labute approximate surface area is 203 Å². The van der Waals surface area contributed by atoms with Gasteiger partial charge in [-0.1, -0.05) is 23.7 Å². The van der Waals surface area contributed by atoms with Gasteiger partial charge in [0.25, 0.3) is 5.91 Å². The van der Waals surface area contributed by atoms with Crippen LogP contribution in [0.5, 0.6) is 5.75 Å². The molecule has 34 heavy (non-hydrogen) atoms. The van der Waals surface area contributed by atoms with Crippen molar-refractivity contribution in [1.29, 1.82) is 0 Å². The summed E-state index contributed by atoms with van der Waals surface area (Å²) in [7, 11) is 0. The number of nitrogens with one attached hydrogen (secondary N) is 1. The number of ether oxygens (including phenoxy) is 2. The van der Waals surface area contributed by atoms with Crippen LogP contribution in [0.4, 0.5) is 4.39 Å². The van der Waals surface area contributed by atoms with Crippen LogP contribution in [0, 0.1) is 5.82 Å². The summed E-state index contributed by atoms with van der Waals surface area (Å²) in [6.07, 6.45) is 1.80. The molecule has 1 atom stereocenters. The predicted molar refractivity (Wildman–Crippen MR) is 128 cm³/mol. The fraction of sp³-hybridized carbons (Fsp3) is 0.346. The van der Waals surface area contributed by atoms with Crippen LogP contribution in [0.25, 0.3) is 5.69 Å². The van der Waals surface area contributed by atoms with E-state index in [1.165, 1.54) is 12.1 Å². The molecule has 0 saturated carbocycles. The molecule has 8 heteroatoms. The van der Waals surface area contributed by atoms with E-state index in [9.17, 15) is 9.18 Å².